The number of imide groups is 1. The molecule has 5 nitrogen and oxygen atoms in total. The Labute approximate surface area is 147 Å². The minimum atomic E-state index is -0.644. The van der Waals surface area contributed by atoms with Crippen molar-refractivity contribution in [3.63, 3.8) is 0 Å². The standard InChI is InChI=1S/C18H15BrN2O3/c19-12-5-7-13(8-6-12)21-17(23)15-4-2-1-3-14(15)16(18(21)24)11-20-9-10-22/h1-8,11,16,22H,9-10H2/t16-/m1/s1. The molecule has 1 heterocycles. The van der Waals surface area contributed by atoms with E-state index in [0.29, 0.717) is 16.8 Å². The van der Waals surface area contributed by atoms with Gasteiger partial charge in [-0.1, -0.05) is 34.1 Å². The van der Waals surface area contributed by atoms with Gasteiger partial charge >= 0.3 is 0 Å². The summed E-state index contributed by atoms with van der Waals surface area (Å²) in [5, 5.41) is 8.89. The maximum absolute atomic E-state index is 12.9. The van der Waals surface area contributed by atoms with E-state index in [4.69, 9.17) is 5.11 Å². The number of hydrogen-bond donors (Lipinski definition) is 1. The number of amides is 2. The summed E-state index contributed by atoms with van der Waals surface area (Å²) in [7, 11) is 0. The second-order valence-electron chi connectivity index (χ2n) is 5.30. The van der Waals surface area contributed by atoms with Crippen LogP contribution in [-0.2, 0) is 4.79 Å². The number of aliphatic hydroxyl groups is 1. The van der Waals surface area contributed by atoms with E-state index in [2.05, 4.69) is 20.9 Å². The van der Waals surface area contributed by atoms with Crippen molar-refractivity contribution in [2.45, 2.75) is 5.92 Å². The van der Waals surface area contributed by atoms with Crippen LogP contribution in [0.1, 0.15) is 21.8 Å². The number of carbonyl (C=O) groups is 2. The number of rotatable bonds is 4. The van der Waals surface area contributed by atoms with Crippen molar-refractivity contribution in [2.24, 2.45) is 4.99 Å². The predicted molar refractivity (Wildman–Crippen MR) is 95.6 cm³/mol. The third-order valence-corrected chi connectivity index (χ3v) is 4.31. The maximum atomic E-state index is 12.9. The molecule has 0 bridgehead atoms. The highest BCUT2D eigenvalue weighted by molar-refractivity contribution is 9.10. The van der Waals surface area contributed by atoms with E-state index < -0.39 is 5.92 Å². The first-order valence-electron chi connectivity index (χ1n) is 7.47. The molecule has 2 aromatic rings. The summed E-state index contributed by atoms with van der Waals surface area (Å²) in [6.07, 6.45) is 1.51. The Morgan fingerprint density at radius 3 is 2.54 bits per heavy atom. The summed E-state index contributed by atoms with van der Waals surface area (Å²) in [6.45, 7) is 0.132. The van der Waals surface area contributed by atoms with Crippen LogP contribution in [0, 0.1) is 0 Å². The molecule has 1 atom stereocenters. The lowest BCUT2D eigenvalue weighted by Crippen LogP contribution is -2.45. The fourth-order valence-electron chi connectivity index (χ4n) is 2.67. The van der Waals surface area contributed by atoms with Gasteiger partial charge in [0.2, 0.25) is 5.91 Å². The fraction of sp³-hybridized carbons (Fsp3) is 0.167. The molecule has 0 spiro atoms. The van der Waals surface area contributed by atoms with Gasteiger partial charge in [0.15, 0.2) is 0 Å². The van der Waals surface area contributed by atoms with Gasteiger partial charge in [0.1, 0.15) is 0 Å². The Morgan fingerprint density at radius 1 is 1.12 bits per heavy atom. The Hall–Kier alpha value is -2.31. The Kier molecular flexibility index (Phi) is 4.87. The molecule has 2 aromatic carbocycles. The summed E-state index contributed by atoms with van der Waals surface area (Å²) in [5.74, 6) is -1.33. The molecule has 0 saturated heterocycles. The van der Waals surface area contributed by atoms with E-state index in [-0.39, 0.29) is 25.0 Å². The van der Waals surface area contributed by atoms with Crippen LogP contribution in [0.3, 0.4) is 0 Å². The zero-order valence-electron chi connectivity index (χ0n) is 12.7. The molecular formula is C18H15BrN2O3. The van der Waals surface area contributed by atoms with Gasteiger partial charge < -0.3 is 5.11 Å². The molecule has 0 fully saturated rings. The van der Waals surface area contributed by atoms with Crippen molar-refractivity contribution in [3.05, 3.63) is 64.1 Å². The summed E-state index contributed by atoms with van der Waals surface area (Å²) in [6, 6.07) is 14.0. The third-order valence-electron chi connectivity index (χ3n) is 3.78. The molecule has 0 aliphatic carbocycles. The number of aliphatic imine (C=N–C) groups is 1. The molecule has 1 N–H and O–H groups in total. The SMILES string of the molecule is O=C1c2ccccc2[C@@H](C=NCCO)C(=O)N1c1ccc(Br)cc1. The lowest BCUT2D eigenvalue weighted by molar-refractivity contribution is -0.118. The molecule has 122 valence electrons. The predicted octanol–water partition coefficient (Wildman–Crippen LogP) is 2.78. The minimum Gasteiger partial charge on any atom is -0.394 e. The van der Waals surface area contributed by atoms with Crippen LogP contribution < -0.4 is 4.90 Å². The van der Waals surface area contributed by atoms with Crippen LogP contribution in [0.2, 0.25) is 0 Å². The van der Waals surface area contributed by atoms with E-state index in [9.17, 15) is 9.59 Å². The van der Waals surface area contributed by atoms with Crippen LogP contribution in [0.15, 0.2) is 58.0 Å². The van der Waals surface area contributed by atoms with Crippen molar-refractivity contribution in [1.82, 2.24) is 0 Å². The number of halogens is 1. The Balaban J connectivity index is 2.07. The zero-order valence-corrected chi connectivity index (χ0v) is 14.3. The number of anilines is 1. The van der Waals surface area contributed by atoms with Crippen LogP contribution >= 0.6 is 15.9 Å². The first-order chi connectivity index (χ1) is 11.6. The van der Waals surface area contributed by atoms with Crippen molar-refractivity contribution < 1.29 is 14.7 Å². The van der Waals surface area contributed by atoms with E-state index in [0.717, 1.165) is 4.47 Å². The first-order valence-corrected chi connectivity index (χ1v) is 8.26. The van der Waals surface area contributed by atoms with Gasteiger partial charge in [0.05, 0.1) is 24.8 Å². The number of hydrogen-bond acceptors (Lipinski definition) is 4. The molecule has 0 saturated carbocycles. The second kappa shape index (κ2) is 7.07. The Bertz CT molecular complexity index is 802. The van der Waals surface area contributed by atoms with Gasteiger partial charge in [-0.05, 0) is 35.9 Å². The monoisotopic (exact) mass is 386 g/mol. The summed E-state index contributed by atoms with van der Waals surface area (Å²) < 4.78 is 0.865. The highest BCUT2D eigenvalue weighted by atomic mass is 79.9. The van der Waals surface area contributed by atoms with Crippen molar-refractivity contribution >= 4 is 39.6 Å². The number of benzene rings is 2. The zero-order chi connectivity index (χ0) is 17.1. The maximum Gasteiger partial charge on any atom is 0.265 e. The summed E-state index contributed by atoms with van der Waals surface area (Å²) >= 11 is 3.35. The lowest BCUT2D eigenvalue weighted by Gasteiger charge is -2.31. The average molecular weight is 387 g/mol. The van der Waals surface area contributed by atoms with Crippen molar-refractivity contribution in [2.75, 3.05) is 18.1 Å². The molecular weight excluding hydrogens is 372 g/mol. The van der Waals surface area contributed by atoms with Crippen LogP contribution in [0.25, 0.3) is 0 Å². The lowest BCUT2D eigenvalue weighted by atomic mass is 9.89. The van der Waals surface area contributed by atoms with Crippen molar-refractivity contribution in [1.29, 1.82) is 0 Å². The molecule has 0 aromatic heterocycles. The normalized spacial score (nSPS) is 17.4. The topological polar surface area (TPSA) is 70.0 Å². The third kappa shape index (κ3) is 3.02. The molecule has 3 rings (SSSR count). The van der Waals surface area contributed by atoms with Gasteiger partial charge in [-0.3, -0.25) is 14.6 Å². The number of fused-ring (bicyclic) bond motifs is 1. The van der Waals surface area contributed by atoms with E-state index in [1.54, 1.807) is 48.5 Å². The first kappa shape index (κ1) is 16.5. The highest BCUT2D eigenvalue weighted by Gasteiger charge is 2.38. The van der Waals surface area contributed by atoms with E-state index in [1.165, 1.54) is 11.1 Å². The molecule has 6 heteroatoms. The number of nitrogens with zero attached hydrogens (tertiary/aromatic N) is 2. The van der Waals surface area contributed by atoms with Crippen LogP contribution in [-0.4, -0.2) is 36.3 Å². The second-order valence-corrected chi connectivity index (χ2v) is 6.21. The Morgan fingerprint density at radius 2 is 1.83 bits per heavy atom. The van der Waals surface area contributed by atoms with Crippen LogP contribution in [0.5, 0.6) is 0 Å². The van der Waals surface area contributed by atoms with E-state index >= 15 is 0 Å². The fourth-order valence-corrected chi connectivity index (χ4v) is 2.94. The van der Waals surface area contributed by atoms with E-state index in [1.807, 2.05) is 0 Å². The minimum absolute atomic E-state index is 0.0889. The molecule has 24 heavy (non-hydrogen) atoms. The summed E-state index contributed by atoms with van der Waals surface area (Å²) in [5.41, 5.74) is 1.64. The number of carbonyl (C=O) groups excluding carboxylic acids is 2. The molecule has 1 aliphatic rings. The van der Waals surface area contributed by atoms with Gasteiger partial charge in [-0.15, -0.1) is 0 Å². The van der Waals surface area contributed by atoms with Gasteiger partial charge in [-0.2, -0.15) is 0 Å². The van der Waals surface area contributed by atoms with Crippen molar-refractivity contribution in [3.8, 4) is 0 Å². The van der Waals surface area contributed by atoms with Crippen LogP contribution in [0.4, 0.5) is 5.69 Å². The number of aliphatic hydroxyl groups excluding tert-OH is 1. The largest absolute Gasteiger partial charge is 0.394 e. The van der Waals surface area contributed by atoms with Gasteiger partial charge in [0.25, 0.3) is 5.91 Å². The highest BCUT2D eigenvalue weighted by Crippen LogP contribution is 2.32. The molecule has 1 aliphatic heterocycles. The average Bonchev–Trinajstić information content (AvgIpc) is 2.60. The quantitative estimate of drug-likeness (QED) is 0.648. The molecule has 0 radical (unpaired) electrons. The molecule has 0 unspecified atom stereocenters. The van der Waals surface area contributed by atoms with Gasteiger partial charge in [0, 0.05) is 16.3 Å². The van der Waals surface area contributed by atoms with Gasteiger partial charge in [-0.25, -0.2) is 4.90 Å². The summed E-state index contributed by atoms with van der Waals surface area (Å²) in [4.78, 5) is 31.0. The smallest absolute Gasteiger partial charge is 0.265 e. The molecule has 2 amide bonds.